The minimum absolute atomic E-state index is 0.0103. The number of hydrogen-bond acceptors (Lipinski definition) is 5. The van der Waals surface area contributed by atoms with Gasteiger partial charge in [-0.15, -0.1) is 0 Å². The van der Waals surface area contributed by atoms with Crippen molar-refractivity contribution in [1.29, 1.82) is 0 Å². The van der Waals surface area contributed by atoms with Crippen LogP contribution in [0.15, 0.2) is 72.8 Å². The molecule has 1 aliphatic rings. The van der Waals surface area contributed by atoms with E-state index < -0.39 is 5.60 Å². The molecule has 1 fully saturated rings. The lowest BCUT2D eigenvalue weighted by Gasteiger charge is -2.29. The maximum Gasteiger partial charge on any atom is 0.410 e. The van der Waals surface area contributed by atoms with Crippen molar-refractivity contribution in [1.82, 2.24) is 9.80 Å². The van der Waals surface area contributed by atoms with Gasteiger partial charge in [0.25, 0.3) is 5.91 Å². The third kappa shape index (κ3) is 7.34. The van der Waals surface area contributed by atoms with E-state index in [1.807, 2.05) is 82.0 Å². The Hall–Kier alpha value is -4.00. The summed E-state index contributed by atoms with van der Waals surface area (Å²) in [5, 5.41) is 3.53. The average molecular weight is 544 g/mol. The van der Waals surface area contributed by atoms with Crippen molar-refractivity contribution in [2.45, 2.75) is 59.1 Å². The summed E-state index contributed by atoms with van der Waals surface area (Å²) >= 11 is 0. The molecule has 0 radical (unpaired) electrons. The highest BCUT2D eigenvalue weighted by molar-refractivity contribution is 5.94. The second kappa shape index (κ2) is 12.9. The van der Waals surface area contributed by atoms with E-state index in [0.717, 1.165) is 29.7 Å². The largest absolute Gasteiger partial charge is 0.455 e. The molecule has 4 rings (SSSR count). The predicted molar refractivity (Wildman–Crippen MR) is 160 cm³/mol. The van der Waals surface area contributed by atoms with E-state index in [1.54, 1.807) is 17.0 Å². The smallest absolute Gasteiger partial charge is 0.410 e. The zero-order valence-electron chi connectivity index (χ0n) is 24.3. The van der Waals surface area contributed by atoms with Crippen LogP contribution >= 0.6 is 0 Å². The van der Waals surface area contributed by atoms with Crippen LogP contribution in [0.5, 0.6) is 11.5 Å². The number of ether oxygens (including phenoxy) is 2. The molecular weight excluding hydrogens is 502 g/mol. The molecule has 1 unspecified atom stereocenters. The monoisotopic (exact) mass is 543 g/mol. The molecule has 40 heavy (non-hydrogen) atoms. The summed E-state index contributed by atoms with van der Waals surface area (Å²) in [7, 11) is 0. The van der Waals surface area contributed by atoms with Crippen LogP contribution in [0.4, 0.5) is 10.5 Å². The van der Waals surface area contributed by atoms with E-state index >= 15 is 0 Å². The Labute approximate surface area is 238 Å². The third-order valence-corrected chi connectivity index (χ3v) is 7.00. The number of carbonyl (C=O) groups is 2. The number of nitrogens with zero attached hydrogens (tertiary/aromatic N) is 2. The van der Waals surface area contributed by atoms with Gasteiger partial charge in [-0.2, -0.15) is 0 Å². The minimum Gasteiger partial charge on any atom is -0.455 e. The maximum absolute atomic E-state index is 12.8. The first-order chi connectivity index (χ1) is 19.2. The van der Waals surface area contributed by atoms with Gasteiger partial charge in [0, 0.05) is 31.7 Å². The fraction of sp³-hybridized carbons (Fsp3) is 0.394. The molecule has 1 N–H and O–H groups in total. The molecule has 0 spiro atoms. The van der Waals surface area contributed by atoms with Crippen LogP contribution in [0.25, 0.3) is 11.1 Å². The quantitative estimate of drug-likeness (QED) is 0.304. The molecule has 0 saturated carbocycles. The minimum atomic E-state index is -0.530. The lowest BCUT2D eigenvalue weighted by atomic mass is 10.0. The molecule has 3 aromatic carbocycles. The van der Waals surface area contributed by atoms with Crippen LogP contribution in [-0.4, -0.2) is 59.6 Å². The highest BCUT2D eigenvalue weighted by Crippen LogP contribution is 2.35. The van der Waals surface area contributed by atoms with Crippen molar-refractivity contribution in [3.05, 3.63) is 78.4 Å². The Balaban J connectivity index is 1.54. The van der Waals surface area contributed by atoms with Crippen molar-refractivity contribution < 1.29 is 19.1 Å². The van der Waals surface area contributed by atoms with Gasteiger partial charge in [0.2, 0.25) is 0 Å². The highest BCUT2D eigenvalue weighted by atomic mass is 16.6. The van der Waals surface area contributed by atoms with Crippen LogP contribution < -0.4 is 10.1 Å². The van der Waals surface area contributed by atoms with Crippen LogP contribution in [0.3, 0.4) is 0 Å². The summed E-state index contributed by atoms with van der Waals surface area (Å²) in [5.74, 6) is 1.32. The van der Waals surface area contributed by atoms with E-state index in [4.69, 9.17) is 9.47 Å². The molecule has 0 aromatic heterocycles. The lowest BCUT2D eigenvalue weighted by molar-refractivity contribution is 0.0235. The molecule has 1 heterocycles. The van der Waals surface area contributed by atoms with E-state index in [9.17, 15) is 9.59 Å². The molecule has 0 bridgehead atoms. The molecular formula is C33H41N3O4. The number of likely N-dealkylation sites (tertiary alicyclic amines) is 1. The number of rotatable bonds is 9. The number of nitrogens with one attached hydrogen (secondary N) is 1. The zero-order chi connectivity index (χ0) is 28.7. The molecule has 0 aliphatic carbocycles. The molecule has 212 valence electrons. The first-order valence-corrected chi connectivity index (χ1v) is 14.2. The number of hydrogen-bond donors (Lipinski definition) is 1. The fourth-order valence-electron chi connectivity index (χ4n) is 4.89. The SMILES string of the molecule is CCN(CC)C(=O)c1ccc(Oc2cc(-c3ccccc3)ccc2NCC2CCCN2C(=O)OC(C)(C)C)cc1. The number of carbonyl (C=O) groups excluding carboxylic acids is 2. The summed E-state index contributed by atoms with van der Waals surface area (Å²) in [6, 6.07) is 23.6. The van der Waals surface area contributed by atoms with Crippen LogP contribution in [0.1, 0.15) is 57.8 Å². The standard InChI is InChI=1S/C33H41N3O4/c1-6-35(7-2)31(37)25-15-18-28(19-16-25)39-30-22-26(24-12-9-8-10-13-24)17-20-29(30)34-23-27-14-11-21-36(27)32(38)40-33(3,4)5/h8-10,12-13,15-20,22,27,34H,6-7,11,14,21,23H2,1-5H3. The normalized spacial score (nSPS) is 15.0. The van der Waals surface area contributed by atoms with Crippen LogP contribution in [0.2, 0.25) is 0 Å². The van der Waals surface area contributed by atoms with Gasteiger partial charge in [-0.1, -0.05) is 36.4 Å². The topological polar surface area (TPSA) is 71.1 Å². The Morgan fingerprint density at radius 2 is 1.65 bits per heavy atom. The second-order valence-electron chi connectivity index (χ2n) is 11.0. The summed E-state index contributed by atoms with van der Waals surface area (Å²) in [5.41, 5.74) is 3.06. The average Bonchev–Trinajstić information content (AvgIpc) is 3.42. The van der Waals surface area contributed by atoms with Crippen molar-refractivity contribution in [3.63, 3.8) is 0 Å². The van der Waals surface area contributed by atoms with Crippen molar-refractivity contribution in [3.8, 4) is 22.6 Å². The molecule has 3 aromatic rings. The third-order valence-electron chi connectivity index (χ3n) is 7.00. The number of anilines is 1. The highest BCUT2D eigenvalue weighted by Gasteiger charge is 2.32. The molecule has 1 saturated heterocycles. The fourth-order valence-corrected chi connectivity index (χ4v) is 4.89. The predicted octanol–water partition coefficient (Wildman–Crippen LogP) is 7.44. The summed E-state index contributed by atoms with van der Waals surface area (Å²) in [6.45, 7) is 12.2. The van der Waals surface area contributed by atoms with Crippen LogP contribution in [0, 0.1) is 0 Å². The van der Waals surface area contributed by atoms with Gasteiger partial charge in [-0.05, 0) is 95.0 Å². The van der Waals surface area contributed by atoms with E-state index in [-0.39, 0.29) is 18.0 Å². The van der Waals surface area contributed by atoms with Gasteiger partial charge in [0.15, 0.2) is 5.75 Å². The molecule has 7 heteroatoms. The summed E-state index contributed by atoms with van der Waals surface area (Å²) < 4.78 is 12.0. The maximum atomic E-state index is 12.8. The van der Waals surface area contributed by atoms with E-state index in [1.165, 1.54) is 0 Å². The van der Waals surface area contributed by atoms with Gasteiger partial charge in [-0.25, -0.2) is 4.79 Å². The van der Waals surface area contributed by atoms with Crippen molar-refractivity contribution >= 4 is 17.7 Å². The van der Waals surface area contributed by atoms with E-state index in [2.05, 4.69) is 23.5 Å². The summed E-state index contributed by atoms with van der Waals surface area (Å²) in [4.78, 5) is 29.1. The van der Waals surface area contributed by atoms with Gasteiger partial charge < -0.3 is 24.6 Å². The van der Waals surface area contributed by atoms with Crippen LogP contribution in [-0.2, 0) is 4.74 Å². The summed E-state index contributed by atoms with van der Waals surface area (Å²) in [6.07, 6.45) is 1.58. The molecule has 2 amide bonds. The molecule has 1 aliphatic heterocycles. The first-order valence-electron chi connectivity index (χ1n) is 14.2. The van der Waals surface area contributed by atoms with Gasteiger partial charge in [0.1, 0.15) is 11.4 Å². The Kier molecular flexibility index (Phi) is 9.35. The molecule has 7 nitrogen and oxygen atoms in total. The zero-order valence-corrected chi connectivity index (χ0v) is 24.3. The van der Waals surface area contributed by atoms with Gasteiger partial charge in [0.05, 0.1) is 11.7 Å². The van der Waals surface area contributed by atoms with Gasteiger partial charge >= 0.3 is 6.09 Å². The molecule has 1 atom stereocenters. The Morgan fingerprint density at radius 3 is 2.30 bits per heavy atom. The van der Waals surface area contributed by atoms with Gasteiger partial charge in [-0.3, -0.25) is 4.79 Å². The number of benzene rings is 3. The Bertz CT molecular complexity index is 1280. The Morgan fingerprint density at radius 1 is 0.950 bits per heavy atom. The first kappa shape index (κ1) is 29.0. The van der Waals surface area contributed by atoms with Crippen molar-refractivity contribution in [2.24, 2.45) is 0 Å². The van der Waals surface area contributed by atoms with E-state index in [0.29, 0.717) is 43.2 Å². The lowest BCUT2D eigenvalue weighted by Crippen LogP contribution is -2.42. The number of amides is 2. The van der Waals surface area contributed by atoms with Crippen molar-refractivity contribution in [2.75, 3.05) is 31.5 Å². The second-order valence-corrected chi connectivity index (χ2v) is 11.0.